The van der Waals surface area contributed by atoms with Crippen LogP contribution in [-0.4, -0.2) is 12.1 Å². The monoisotopic (exact) mass is 208 g/mol. The lowest BCUT2D eigenvalue weighted by molar-refractivity contribution is 0.283. The van der Waals surface area contributed by atoms with Crippen molar-refractivity contribution < 1.29 is 4.42 Å². The van der Waals surface area contributed by atoms with Gasteiger partial charge >= 0.3 is 0 Å². The summed E-state index contributed by atoms with van der Waals surface area (Å²) in [5, 5.41) is 3.41. The Labute approximate surface area is 91.0 Å². The quantitative estimate of drug-likeness (QED) is 0.796. The van der Waals surface area contributed by atoms with Crippen molar-refractivity contribution in [2.75, 3.05) is 6.54 Å². The Bertz CT molecular complexity index is 276. The second-order valence-electron chi connectivity index (χ2n) is 4.66. The highest BCUT2D eigenvalue weighted by atomic mass is 16.3. The van der Waals surface area contributed by atoms with Crippen molar-refractivity contribution in [1.29, 1.82) is 0 Å². The van der Waals surface area contributed by atoms with Crippen LogP contribution in [0.25, 0.3) is 0 Å². The predicted octanol–water partition coefficient (Wildman–Crippen LogP) is 2.03. The topological polar surface area (TPSA) is 51.2 Å². The largest absolute Gasteiger partial charge is 0.472 e. The fourth-order valence-corrected chi connectivity index (χ4v) is 2.28. The molecule has 2 rings (SSSR count). The lowest BCUT2D eigenvalue weighted by Crippen LogP contribution is -2.49. The molecule has 0 amide bonds. The maximum Gasteiger partial charge on any atom is 0.0947 e. The van der Waals surface area contributed by atoms with Gasteiger partial charge in [0.2, 0.25) is 0 Å². The van der Waals surface area contributed by atoms with E-state index >= 15 is 0 Å². The maximum absolute atomic E-state index is 6.31. The minimum absolute atomic E-state index is 0.0297. The molecule has 0 atom stereocenters. The predicted molar refractivity (Wildman–Crippen MR) is 60.4 cm³/mol. The van der Waals surface area contributed by atoms with E-state index in [1.54, 1.807) is 12.5 Å². The van der Waals surface area contributed by atoms with Crippen LogP contribution in [0.4, 0.5) is 0 Å². The Balaban J connectivity index is 1.72. The molecule has 1 aliphatic rings. The van der Waals surface area contributed by atoms with Gasteiger partial charge in [0, 0.05) is 24.2 Å². The summed E-state index contributed by atoms with van der Waals surface area (Å²) in [6, 6.07) is 1.98. The van der Waals surface area contributed by atoms with Crippen molar-refractivity contribution in [3.8, 4) is 0 Å². The number of hydrogen-bond acceptors (Lipinski definition) is 3. The molecule has 0 bridgehead atoms. The first kappa shape index (κ1) is 10.7. The van der Waals surface area contributed by atoms with E-state index < -0.39 is 0 Å². The number of hydrogen-bond donors (Lipinski definition) is 2. The summed E-state index contributed by atoms with van der Waals surface area (Å²) in [6.45, 7) is 1.77. The highest BCUT2D eigenvalue weighted by Crippen LogP contribution is 2.25. The maximum atomic E-state index is 6.31. The lowest BCUT2D eigenvalue weighted by Gasteiger charge is -2.33. The summed E-state index contributed by atoms with van der Waals surface area (Å²) >= 11 is 0. The zero-order valence-corrected chi connectivity index (χ0v) is 9.17. The van der Waals surface area contributed by atoms with Crippen molar-refractivity contribution in [3.63, 3.8) is 0 Å². The minimum atomic E-state index is 0.0297. The summed E-state index contributed by atoms with van der Waals surface area (Å²) in [5.41, 5.74) is 7.53. The van der Waals surface area contributed by atoms with Crippen LogP contribution >= 0.6 is 0 Å². The fraction of sp³-hybridized carbons (Fsp3) is 0.667. The minimum Gasteiger partial charge on any atom is -0.472 e. The van der Waals surface area contributed by atoms with Crippen molar-refractivity contribution >= 4 is 0 Å². The van der Waals surface area contributed by atoms with Crippen LogP contribution in [0.15, 0.2) is 23.0 Å². The van der Waals surface area contributed by atoms with Crippen molar-refractivity contribution in [2.45, 2.75) is 44.2 Å². The van der Waals surface area contributed by atoms with Gasteiger partial charge in [0.05, 0.1) is 12.5 Å². The van der Waals surface area contributed by atoms with Gasteiger partial charge in [-0.25, -0.2) is 0 Å². The highest BCUT2D eigenvalue weighted by Gasteiger charge is 2.26. The van der Waals surface area contributed by atoms with Gasteiger partial charge in [-0.1, -0.05) is 19.3 Å². The zero-order valence-electron chi connectivity index (χ0n) is 9.17. The van der Waals surface area contributed by atoms with Gasteiger partial charge in [-0.15, -0.1) is 0 Å². The Morgan fingerprint density at radius 2 is 2.13 bits per heavy atom. The summed E-state index contributed by atoms with van der Waals surface area (Å²) in [4.78, 5) is 0. The molecule has 0 aliphatic heterocycles. The zero-order chi connectivity index (χ0) is 10.6. The smallest absolute Gasteiger partial charge is 0.0947 e. The molecule has 1 aromatic rings. The van der Waals surface area contributed by atoms with Gasteiger partial charge in [-0.05, 0) is 18.9 Å². The third kappa shape index (κ3) is 3.08. The van der Waals surface area contributed by atoms with Crippen molar-refractivity contribution in [2.24, 2.45) is 5.73 Å². The normalized spacial score (nSPS) is 20.3. The second kappa shape index (κ2) is 4.81. The fourth-order valence-electron chi connectivity index (χ4n) is 2.28. The van der Waals surface area contributed by atoms with Crippen LogP contribution in [0, 0.1) is 0 Å². The molecule has 0 unspecified atom stereocenters. The third-order valence-corrected chi connectivity index (χ3v) is 3.24. The van der Waals surface area contributed by atoms with Crippen LogP contribution < -0.4 is 11.1 Å². The highest BCUT2D eigenvalue weighted by molar-refractivity contribution is 5.04. The molecule has 0 saturated heterocycles. The molecular weight excluding hydrogens is 188 g/mol. The SMILES string of the molecule is NC1(CNCc2ccoc2)CCCCC1. The van der Waals surface area contributed by atoms with E-state index in [-0.39, 0.29) is 5.54 Å². The van der Waals surface area contributed by atoms with Gasteiger partial charge in [-0.3, -0.25) is 0 Å². The molecule has 1 saturated carbocycles. The average molecular weight is 208 g/mol. The van der Waals surface area contributed by atoms with E-state index in [0.29, 0.717) is 0 Å². The van der Waals surface area contributed by atoms with Gasteiger partial charge in [0.15, 0.2) is 0 Å². The van der Waals surface area contributed by atoms with Crippen LogP contribution in [0.3, 0.4) is 0 Å². The van der Waals surface area contributed by atoms with E-state index in [0.717, 1.165) is 25.9 Å². The molecule has 3 N–H and O–H groups in total. The van der Waals surface area contributed by atoms with Crippen LogP contribution in [-0.2, 0) is 6.54 Å². The van der Waals surface area contributed by atoms with E-state index in [2.05, 4.69) is 5.32 Å². The van der Waals surface area contributed by atoms with Crippen LogP contribution in [0.5, 0.6) is 0 Å². The molecule has 1 fully saturated rings. The van der Waals surface area contributed by atoms with Gasteiger partial charge in [-0.2, -0.15) is 0 Å². The summed E-state index contributed by atoms with van der Waals surface area (Å²) in [7, 11) is 0. The van der Waals surface area contributed by atoms with Gasteiger partial charge in [0.25, 0.3) is 0 Å². The molecule has 0 aromatic carbocycles. The molecular formula is C12H20N2O. The molecule has 1 heterocycles. The number of furan rings is 1. The standard InChI is InChI=1S/C12H20N2O/c13-12(5-2-1-3-6-12)10-14-8-11-4-7-15-9-11/h4,7,9,14H,1-3,5-6,8,10,13H2. The van der Waals surface area contributed by atoms with Crippen LogP contribution in [0.2, 0.25) is 0 Å². The molecule has 84 valence electrons. The first-order chi connectivity index (χ1) is 7.29. The first-order valence-corrected chi connectivity index (χ1v) is 5.79. The van der Waals surface area contributed by atoms with Crippen molar-refractivity contribution in [3.05, 3.63) is 24.2 Å². The second-order valence-corrected chi connectivity index (χ2v) is 4.66. The molecule has 1 aliphatic carbocycles. The summed E-state index contributed by atoms with van der Waals surface area (Å²) in [5.74, 6) is 0. The average Bonchev–Trinajstić information content (AvgIpc) is 2.71. The van der Waals surface area contributed by atoms with Crippen LogP contribution in [0.1, 0.15) is 37.7 Å². The molecule has 15 heavy (non-hydrogen) atoms. The van der Waals surface area contributed by atoms with Gasteiger partial charge < -0.3 is 15.5 Å². The van der Waals surface area contributed by atoms with E-state index in [1.807, 2.05) is 6.07 Å². The molecule has 3 nitrogen and oxygen atoms in total. The first-order valence-electron chi connectivity index (χ1n) is 5.79. The Morgan fingerprint density at radius 1 is 1.33 bits per heavy atom. The summed E-state index contributed by atoms with van der Waals surface area (Å²) in [6.07, 6.45) is 9.71. The van der Waals surface area contributed by atoms with Gasteiger partial charge in [0.1, 0.15) is 0 Å². The van der Waals surface area contributed by atoms with E-state index in [9.17, 15) is 0 Å². The molecule has 0 spiro atoms. The van der Waals surface area contributed by atoms with E-state index in [4.69, 9.17) is 10.2 Å². The van der Waals surface area contributed by atoms with E-state index in [1.165, 1.54) is 24.8 Å². The molecule has 1 aromatic heterocycles. The third-order valence-electron chi connectivity index (χ3n) is 3.24. The number of nitrogens with one attached hydrogen (secondary N) is 1. The Morgan fingerprint density at radius 3 is 2.80 bits per heavy atom. The molecule has 0 radical (unpaired) electrons. The molecule has 3 heteroatoms. The Hall–Kier alpha value is -0.800. The van der Waals surface area contributed by atoms with Crippen molar-refractivity contribution in [1.82, 2.24) is 5.32 Å². The lowest BCUT2D eigenvalue weighted by atomic mass is 9.82. The Kier molecular flexibility index (Phi) is 3.44. The number of rotatable bonds is 4. The summed E-state index contributed by atoms with van der Waals surface area (Å²) < 4.78 is 5.01. The number of nitrogens with two attached hydrogens (primary N) is 1.